The Morgan fingerprint density at radius 1 is 0.947 bits per heavy atom. The van der Waals surface area contributed by atoms with Crippen LogP contribution in [0.3, 0.4) is 0 Å². The van der Waals surface area contributed by atoms with E-state index in [1.54, 1.807) is 0 Å². The van der Waals surface area contributed by atoms with E-state index in [-0.39, 0.29) is 0 Å². The van der Waals surface area contributed by atoms with Crippen LogP contribution in [-0.2, 0) is 0 Å². The van der Waals surface area contributed by atoms with Gasteiger partial charge in [-0.25, -0.2) is 0 Å². The zero-order valence-electron chi connectivity index (χ0n) is 11.6. The van der Waals surface area contributed by atoms with Gasteiger partial charge < -0.3 is 0 Å². The molecule has 1 unspecified atom stereocenters. The lowest BCUT2D eigenvalue weighted by atomic mass is 9.84. The van der Waals surface area contributed by atoms with Crippen LogP contribution in [0.5, 0.6) is 0 Å². The van der Waals surface area contributed by atoms with Gasteiger partial charge in [0.05, 0.1) is 0 Å². The molecule has 1 aliphatic carbocycles. The second-order valence-corrected chi connectivity index (χ2v) is 8.69. The Kier molecular flexibility index (Phi) is 4.81. The minimum atomic E-state index is 0.532. The van der Waals surface area contributed by atoms with Crippen molar-refractivity contribution in [2.75, 3.05) is 5.75 Å². The molecular weight excluding hydrogens is 268 g/mol. The van der Waals surface area contributed by atoms with Crippen molar-refractivity contribution in [1.29, 1.82) is 0 Å². The van der Waals surface area contributed by atoms with Gasteiger partial charge in [0.2, 0.25) is 0 Å². The highest BCUT2D eigenvalue weighted by Crippen LogP contribution is 2.52. The average molecular weight is 293 g/mol. The van der Waals surface area contributed by atoms with Gasteiger partial charge in [-0.05, 0) is 43.6 Å². The van der Waals surface area contributed by atoms with Crippen LogP contribution in [0.25, 0.3) is 0 Å². The third-order valence-corrected chi connectivity index (χ3v) is 7.90. The maximum atomic E-state index is 2.30. The molecule has 0 nitrogen and oxygen atoms in total. The Morgan fingerprint density at radius 2 is 1.74 bits per heavy atom. The lowest BCUT2D eigenvalue weighted by Gasteiger charge is -2.44. The minimum absolute atomic E-state index is 0.532. The monoisotopic (exact) mass is 292 g/mol. The Labute approximate surface area is 126 Å². The first kappa shape index (κ1) is 13.9. The summed E-state index contributed by atoms with van der Waals surface area (Å²) in [5.41, 5.74) is 0. The van der Waals surface area contributed by atoms with Gasteiger partial charge >= 0.3 is 0 Å². The van der Waals surface area contributed by atoms with Crippen LogP contribution in [0, 0.1) is 0 Å². The molecule has 1 saturated carbocycles. The van der Waals surface area contributed by atoms with Gasteiger partial charge in [-0.2, -0.15) is 11.8 Å². The third kappa shape index (κ3) is 3.33. The van der Waals surface area contributed by atoms with Crippen LogP contribution in [0.15, 0.2) is 35.2 Å². The van der Waals surface area contributed by atoms with Crippen LogP contribution < -0.4 is 0 Å². The fraction of sp³-hybridized carbons (Fsp3) is 0.647. The topological polar surface area (TPSA) is 0 Å². The Bertz CT molecular complexity index is 376. The zero-order valence-corrected chi connectivity index (χ0v) is 13.3. The summed E-state index contributed by atoms with van der Waals surface area (Å²) in [6.07, 6.45) is 11.5. The van der Waals surface area contributed by atoms with Crippen molar-refractivity contribution in [3.8, 4) is 0 Å². The van der Waals surface area contributed by atoms with Crippen LogP contribution in [0.1, 0.15) is 51.4 Å². The molecule has 0 aromatic heterocycles. The maximum Gasteiger partial charge on any atom is 0.0325 e. The van der Waals surface area contributed by atoms with Gasteiger partial charge in [0.15, 0.2) is 0 Å². The molecule has 0 N–H and O–H groups in total. The van der Waals surface area contributed by atoms with Crippen molar-refractivity contribution in [3.63, 3.8) is 0 Å². The molecule has 1 saturated heterocycles. The predicted molar refractivity (Wildman–Crippen MR) is 88.2 cm³/mol. The molecule has 1 atom stereocenters. The number of thioether (sulfide) groups is 2. The highest BCUT2D eigenvalue weighted by atomic mass is 32.2. The normalized spacial score (nSPS) is 27.1. The van der Waals surface area contributed by atoms with E-state index < -0.39 is 0 Å². The van der Waals surface area contributed by atoms with Crippen LogP contribution in [-0.4, -0.2) is 15.7 Å². The number of rotatable bonds is 3. The van der Waals surface area contributed by atoms with E-state index in [1.165, 1.54) is 62.0 Å². The fourth-order valence-electron chi connectivity index (χ4n) is 3.52. The summed E-state index contributed by atoms with van der Waals surface area (Å²) in [4.78, 5) is 1.48. The van der Waals surface area contributed by atoms with Gasteiger partial charge in [-0.3, -0.25) is 0 Å². The van der Waals surface area contributed by atoms with Gasteiger partial charge in [-0.15, -0.1) is 11.8 Å². The second kappa shape index (κ2) is 6.58. The van der Waals surface area contributed by atoms with Gasteiger partial charge in [0.1, 0.15) is 0 Å². The molecule has 0 spiro atoms. The van der Waals surface area contributed by atoms with Gasteiger partial charge in [-0.1, -0.05) is 43.9 Å². The van der Waals surface area contributed by atoms with Gasteiger partial charge in [0.25, 0.3) is 0 Å². The lowest BCUT2D eigenvalue weighted by molar-refractivity contribution is 0.372. The Balaban J connectivity index is 1.79. The first-order valence-electron chi connectivity index (χ1n) is 7.75. The van der Waals surface area contributed by atoms with E-state index >= 15 is 0 Å². The molecule has 0 bridgehead atoms. The smallest absolute Gasteiger partial charge is 0.0325 e. The molecule has 2 heteroatoms. The molecule has 3 rings (SSSR count). The molecule has 2 aliphatic rings. The van der Waals surface area contributed by atoms with E-state index in [0.29, 0.717) is 4.75 Å². The molecule has 19 heavy (non-hydrogen) atoms. The van der Waals surface area contributed by atoms with Crippen molar-refractivity contribution in [3.05, 3.63) is 30.3 Å². The summed E-state index contributed by atoms with van der Waals surface area (Å²) in [7, 11) is 0. The number of hydrogen-bond donors (Lipinski definition) is 0. The van der Waals surface area contributed by atoms with E-state index in [9.17, 15) is 0 Å². The van der Waals surface area contributed by atoms with Crippen LogP contribution >= 0.6 is 23.5 Å². The number of hydrogen-bond acceptors (Lipinski definition) is 2. The quantitative estimate of drug-likeness (QED) is 0.694. The summed E-state index contributed by atoms with van der Waals surface area (Å²) in [6.45, 7) is 0. The standard InChI is InChI=1S/C17H24S2/c1-3-9-15(10-4-1)19-17(12-6-2-7-13-17)16-11-5-8-14-18-16/h1,3-4,9-10,16H,2,5-8,11-14H2. The van der Waals surface area contributed by atoms with Crippen molar-refractivity contribution < 1.29 is 0 Å². The molecule has 1 heterocycles. The van der Waals surface area contributed by atoms with Crippen molar-refractivity contribution in [2.24, 2.45) is 0 Å². The molecule has 104 valence electrons. The Morgan fingerprint density at radius 3 is 2.42 bits per heavy atom. The van der Waals surface area contributed by atoms with Crippen LogP contribution in [0.4, 0.5) is 0 Å². The molecule has 0 amide bonds. The summed E-state index contributed by atoms with van der Waals surface area (Å²) in [6, 6.07) is 11.1. The van der Waals surface area contributed by atoms with E-state index in [1.807, 2.05) is 0 Å². The zero-order chi connectivity index (χ0) is 13.0. The molecule has 1 aromatic rings. The largest absolute Gasteiger partial charge is 0.157 e. The number of benzene rings is 1. The summed E-state index contributed by atoms with van der Waals surface area (Å²) < 4.78 is 0.532. The predicted octanol–water partition coefficient (Wildman–Crippen LogP) is 5.77. The molecule has 1 aromatic carbocycles. The first-order valence-corrected chi connectivity index (χ1v) is 9.61. The molecule has 2 fully saturated rings. The summed E-state index contributed by atoms with van der Waals surface area (Å²) in [5.74, 6) is 1.39. The van der Waals surface area contributed by atoms with Crippen LogP contribution in [0.2, 0.25) is 0 Å². The first-order chi connectivity index (χ1) is 9.39. The second-order valence-electron chi connectivity index (χ2n) is 5.90. The lowest BCUT2D eigenvalue weighted by Crippen LogP contribution is -2.40. The SMILES string of the molecule is c1ccc(SC2(C3CCCCS3)CCCCC2)cc1. The highest BCUT2D eigenvalue weighted by molar-refractivity contribution is 8.04. The molecular formula is C17H24S2. The molecule has 1 aliphatic heterocycles. The average Bonchev–Trinajstić information content (AvgIpc) is 2.50. The van der Waals surface area contributed by atoms with E-state index in [0.717, 1.165) is 5.25 Å². The fourth-order valence-corrected chi connectivity index (χ4v) is 6.90. The summed E-state index contributed by atoms with van der Waals surface area (Å²) in [5, 5.41) is 0.895. The van der Waals surface area contributed by atoms with Gasteiger partial charge in [0, 0.05) is 14.9 Å². The van der Waals surface area contributed by atoms with E-state index in [4.69, 9.17) is 0 Å². The summed E-state index contributed by atoms with van der Waals surface area (Å²) >= 11 is 4.46. The molecule has 0 radical (unpaired) electrons. The Hall–Kier alpha value is -0.0800. The highest BCUT2D eigenvalue weighted by Gasteiger charge is 2.41. The third-order valence-electron chi connectivity index (χ3n) is 4.53. The van der Waals surface area contributed by atoms with E-state index in [2.05, 4.69) is 53.9 Å². The minimum Gasteiger partial charge on any atom is -0.157 e. The van der Waals surface area contributed by atoms with Crippen molar-refractivity contribution >= 4 is 23.5 Å². The maximum absolute atomic E-state index is 2.30. The van der Waals surface area contributed by atoms with Crippen molar-refractivity contribution in [2.45, 2.75) is 66.3 Å². The van der Waals surface area contributed by atoms with Crippen molar-refractivity contribution in [1.82, 2.24) is 0 Å².